The van der Waals surface area contributed by atoms with Gasteiger partial charge in [-0.1, -0.05) is 0 Å². The minimum atomic E-state index is -3.57. The Kier molecular flexibility index (Phi) is 9.40. The lowest BCUT2D eigenvalue weighted by Gasteiger charge is -2.37. The Morgan fingerprint density at radius 3 is 2.37 bits per heavy atom. The maximum absolute atomic E-state index is 12.6. The first-order valence-corrected chi connectivity index (χ1v) is 9.96. The number of piperazine rings is 1. The first kappa shape index (κ1) is 24.1. The number of nitrogens with zero attached hydrogens (tertiary/aromatic N) is 3. The summed E-state index contributed by atoms with van der Waals surface area (Å²) in [5.41, 5.74) is 6.15. The van der Waals surface area contributed by atoms with Gasteiger partial charge in [-0.3, -0.25) is 9.78 Å². The highest BCUT2D eigenvalue weighted by molar-refractivity contribution is 7.89. The summed E-state index contributed by atoms with van der Waals surface area (Å²) in [5.74, 6) is 0.0451. The van der Waals surface area contributed by atoms with Crippen LogP contribution in [0.1, 0.15) is 12.8 Å². The highest BCUT2D eigenvalue weighted by atomic mass is 35.5. The summed E-state index contributed by atoms with van der Waals surface area (Å²) in [6.45, 7) is 2.53. The SMILES string of the molecule is Cl.Cl.NC(C(=O)N1CCN(S(=O)(=O)c2cccnc2)CC1)C1CCOCC1. The molecule has 1 atom stereocenters. The second-order valence-electron chi connectivity index (χ2n) is 6.39. The van der Waals surface area contributed by atoms with Gasteiger partial charge >= 0.3 is 0 Å². The van der Waals surface area contributed by atoms with Crippen molar-refractivity contribution in [3.8, 4) is 0 Å². The van der Waals surface area contributed by atoms with E-state index in [1.54, 1.807) is 11.0 Å². The first-order valence-electron chi connectivity index (χ1n) is 8.52. The van der Waals surface area contributed by atoms with E-state index >= 15 is 0 Å². The Morgan fingerprint density at radius 2 is 1.81 bits per heavy atom. The van der Waals surface area contributed by atoms with Crippen LogP contribution in [0, 0.1) is 5.92 Å². The van der Waals surface area contributed by atoms with Crippen LogP contribution in [0.15, 0.2) is 29.4 Å². The molecule has 0 aliphatic carbocycles. The number of aromatic nitrogens is 1. The van der Waals surface area contributed by atoms with Crippen LogP contribution in [0.4, 0.5) is 0 Å². The molecule has 2 N–H and O–H groups in total. The molecule has 2 aliphatic heterocycles. The van der Waals surface area contributed by atoms with Crippen molar-refractivity contribution < 1.29 is 17.9 Å². The van der Waals surface area contributed by atoms with Gasteiger partial charge in [-0.15, -0.1) is 24.8 Å². The van der Waals surface area contributed by atoms with Crippen molar-refractivity contribution in [2.45, 2.75) is 23.8 Å². The zero-order chi connectivity index (χ0) is 17.9. The predicted octanol–water partition coefficient (Wildman–Crippen LogP) is 0.512. The number of halogens is 2. The van der Waals surface area contributed by atoms with Crippen LogP contribution in [-0.2, 0) is 19.6 Å². The molecule has 1 aromatic rings. The largest absolute Gasteiger partial charge is 0.381 e. The summed E-state index contributed by atoms with van der Waals surface area (Å²) in [6, 6.07) is 2.59. The molecule has 154 valence electrons. The molecule has 8 nitrogen and oxygen atoms in total. The Hall–Kier alpha value is -0.970. The zero-order valence-electron chi connectivity index (χ0n) is 14.9. The lowest BCUT2D eigenvalue weighted by Crippen LogP contribution is -2.56. The molecule has 0 bridgehead atoms. The van der Waals surface area contributed by atoms with Crippen LogP contribution >= 0.6 is 24.8 Å². The standard InChI is InChI=1S/C16H24N4O4S.2ClH/c17-15(13-3-10-24-11-4-13)16(21)19-6-8-20(9-7-19)25(22,23)14-2-1-5-18-12-14;;/h1-2,5,12-13,15H,3-4,6-11,17H2;2*1H. The van der Waals surface area contributed by atoms with E-state index in [9.17, 15) is 13.2 Å². The van der Waals surface area contributed by atoms with Crippen molar-refractivity contribution in [3.63, 3.8) is 0 Å². The number of carbonyl (C=O) groups is 1. The summed E-state index contributed by atoms with van der Waals surface area (Å²) in [4.78, 5) is 18.3. The molecule has 3 heterocycles. The number of rotatable bonds is 4. The summed E-state index contributed by atoms with van der Waals surface area (Å²) < 4.78 is 31.9. The Balaban J connectivity index is 0.00000182. The average molecular weight is 441 g/mol. The Labute approximate surface area is 172 Å². The van der Waals surface area contributed by atoms with Crippen LogP contribution in [-0.4, -0.2) is 73.9 Å². The second kappa shape index (κ2) is 10.5. The number of ether oxygens (including phenoxy) is 1. The summed E-state index contributed by atoms with van der Waals surface area (Å²) >= 11 is 0. The van der Waals surface area contributed by atoms with Crippen LogP contribution < -0.4 is 5.73 Å². The van der Waals surface area contributed by atoms with Crippen LogP contribution in [0.3, 0.4) is 0 Å². The fourth-order valence-corrected chi connectivity index (χ4v) is 4.67. The highest BCUT2D eigenvalue weighted by Crippen LogP contribution is 2.21. The van der Waals surface area contributed by atoms with Crippen molar-refractivity contribution in [2.75, 3.05) is 39.4 Å². The number of sulfonamides is 1. The van der Waals surface area contributed by atoms with Crippen molar-refractivity contribution >= 4 is 40.7 Å². The normalized spacial score (nSPS) is 20.3. The summed E-state index contributed by atoms with van der Waals surface area (Å²) in [5, 5.41) is 0. The molecule has 27 heavy (non-hydrogen) atoms. The van der Waals surface area contributed by atoms with Gasteiger partial charge in [-0.25, -0.2) is 8.42 Å². The van der Waals surface area contributed by atoms with Crippen molar-refractivity contribution in [1.82, 2.24) is 14.2 Å². The molecule has 2 aliphatic rings. The smallest absolute Gasteiger partial charge is 0.244 e. The average Bonchev–Trinajstić information content (AvgIpc) is 2.68. The van der Waals surface area contributed by atoms with Gasteiger partial charge in [0.1, 0.15) is 4.90 Å². The maximum atomic E-state index is 12.6. The fourth-order valence-electron chi connectivity index (χ4n) is 3.28. The third kappa shape index (κ3) is 5.52. The van der Waals surface area contributed by atoms with E-state index in [0.29, 0.717) is 26.3 Å². The molecule has 0 aromatic carbocycles. The van der Waals surface area contributed by atoms with E-state index in [1.165, 1.54) is 22.8 Å². The van der Waals surface area contributed by atoms with Crippen molar-refractivity contribution in [2.24, 2.45) is 11.7 Å². The molecule has 2 saturated heterocycles. The van der Waals surface area contributed by atoms with Gasteiger partial charge in [0.2, 0.25) is 15.9 Å². The van der Waals surface area contributed by atoms with Gasteiger partial charge < -0.3 is 15.4 Å². The molecular formula is C16H26Cl2N4O4S. The number of hydrogen-bond donors (Lipinski definition) is 1. The number of nitrogens with two attached hydrogens (primary N) is 1. The summed E-state index contributed by atoms with van der Waals surface area (Å²) in [7, 11) is -3.57. The maximum Gasteiger partial charge on any atom is 0.244 e. The molecule has 2 fully saturated rings. The minimum Gasteiger partial charge on any atom is -0.381 e. The highest BCUT2D eigenvalue weighted by Gasteiger charge is 2.34. The lowest BCUT2D eigenvalue weighted by molar-refractivity contribution is -0.135. The third-order valence-electron chi connectivity index (χ3n) is 4.88. The first-order chi connectivity index (χ1) is 12.0. The van der Waals surface area contributed by atoms with Gasteiger partial charge in [0.05, 0.1) is 6.04 Å². The fraction of sp³-hybridized carbons (Fsp3) is 0.625. The Bertz CT molecular complexity index is 694. The minimum absolute atomic E-state index is 0. The zero-order valence-corrected chi connectivity index (χ0v) is 17.3. The van der Waals surface area contributed by atoms with E-state index in [4.69, 9.17) is 10.5 Å². The van der Waals surface area contributed by atoms with E-state index < -0.39 is 16.1 Å². The number of amides is 1. The van der Waals surface area contributed by atoms with Gasteiger partial charge in [0.25, 0.3) is 0 Å². The van der Waals surface area contributed by atoms with Gasteiger partial charge in [0.15, 0.2) is 0 Å². The van der Waals surface area contributed by atoms with Crippen molar-refractivity contribution in [3.05, 3.63) is 24.5 Å². The third-order valence-corrected chi connectivity index (χ3v) is 6.76. The number of carbonyl (C=O) groups excluding carboxylic acids is 1. The predicted molar refractivity (Wildman–Crippen MR) is 106 cm³/mol. The quantitative estimate of drug-likeness (QED) is 0.730. The van der Waals surface area contributed by atoms with E-state index in [0.717, 1.165) is 12.8 Å². The van der Waals surface area contributed by atoms with Gasteiger partial charge in [-0.2, -0.15) is 4.31 Å². The molecule has 3 rings (SSSR count). The van der Waals surface area contributed by atoms with E-state index in [1.807, 2.05) is 0 Å². The van der Waals surface area contributed by atoms with Crippen molar-refractivity contribution in [1.29, 1.82) is 0 Å². The van der Waals surface area contributed by atoms with Gasteiger partial charge in [-0.05, 0) is 30.9 Å². The number of pyridine rings is 1. The molecule has 0 spiro atoms. The molecule has 0 radical (unpaired) electrons. The molecular weight excluding hydrogens is 415 g/mol. The van der Waals surface area contributed by atoms with Crippen LogP contribution in [0.2, 0.25) is 0 Å². The number of hydrogen-bond acceptors (Lipinski definition) is 6. The molecule has 11 heteroatoms. The van der Waals surface area contributed by atoms with E-state index in [-0.39, 0.29) is 54.6 Å². The van der Waals surface area contributed by atoms with E-state index in [2.05, 4.69) is 4.98 Å². The Morgan fingerprint density at radius 1 is 1.19 bits per heavy atom. The molecule has 1 amide bonds. The monoisotopic (exact) mass is 440 g/mol. The van der Waals surface area contributed by atoms with Crippen LogP contribution in [0.25, 0.3) is 0 Å². The topological polar surface area (TPSA) is 106 Å². The van der Waals surface area contributed by atoms with Gasteiger partial charge in [0, 0.05) is 51.8 Å². The molecule has 0 saturated carbocycles. The van der Waals surface area contributed by atoms with Crippen LogP contribution in [0.5, 0.6) is 0 Å². The summed E-state index contributed by atoms with van der Waals surface area (Å²) in [6.07, 6.45) is 4.46. The molecule has 1 unspecified atom stereocenters. The second-order valence-corrected chi connectivity index (χ2v) is 8.33. The lowest BCUT2D eigenvalue weighted by atomic mass is 9.91. The molecule has 1 aromatic heterocycles.